The van der Waals surface area contributed by atoms with Gasteiger partial charge in [0.15, 0.2) is 0 Å². The number of likely N-dealkylation sites (tertiary alicyclic amines) is 2. The zero-order valence-electron chi connectivity index (χ0n) is 21.4. The van der Waals surface area contributed by atoms with Crippen molar-refractivity contribution in [1.29, 1.82) is 0 Å². The van der Waals surface area contributed by atoms with Crippen LogP contribution >= 0.6 is 11.6 Å². The summed E-state index contributed by atoms with van der Waals surface area (Å²) >= 11 is 6.00. The number of piperazine rings is 1. The smallest absolute Gasteiger partial charge is 0.382 e. The molecule has 3 heterocycles. The van der Waals surface area contributed by atoms with Crippen LogP contribution in [0.5, 0.6) is 0 Å². The number of aryl methyl sites for hydroxylation is 1. The van der Waals surface area contributed by atoms with Crippen molar-refractivity contribution in [2.24, 2.45) is 0 Å². The maximum atomic E-state index is 14.0. The molecule has 2 aromatic carbocycles. The third-order valence-corrected chi connectivity index (χ3v) is 7.69. The first kappa shape index (κ1) is 27.0. The number of carbonyl (C=O) groups is 1. The van der Waals surface area contributed by atoms with Crippen LogP contribution in [0.25, 0.3) is 0 Å². The Bertz CT molecular complexity index is 1490. The summed E-state index contributed by atoms with van der Waals surface area (Å²) in [5, 5.41) is 2.90. The number of amides is 1. The molecular weight excluding hydrogens is 527 g/mol. The van der Waals surface area contributed by atoms with Crippen LogP contribution in [0.2, 0.25) is 5.02 Å². The lowest BCUT2D eigenvalue weighted by atomic mass is 10.0. The van der Waals surface area contributed by atoms with Crippen molar-refractivity contribution in [3.8, 4) is 11.8 Å². The van der Waals surface area contributed by atoms with Crippen molar-refractivity contribution in [3.05, 3.63) is 87.1 Å². The summed E-state index contributed by atoms with van der Waals surface area (Å²) in [6.07, 6.45) is -2.06. The lowest BCUT2D eigenvalue weighted by Crippen LogP contribution is -2.44. The van der Waals surface area contributed by atoms with Gasteiger partial charge in [0.05, 0.1) is 10.6 Å². The highest BCUT2D eigenvalue weighted by atomic mass is 35.5. The highest BCUT2D eigenvalue weighted by Crippen LogP contribution is 2.37. The fraction of sp³-hybridized carbons (Fsp3) is 0.310. The van der Waals surface area contributed by atoms with Crippen LogP contribution in [-0.4, -0.2) is 52.9 Å². The van der Waals surface area contributed by atoms with E-state index in [1.54, 1.807) is 24.3 Å². The van der Waals surface area contributed by atoms with Crippen molar-refractivity contribution in [1.82, 2.24) is 14.8 Å². The van der Waals surface area contributed by atoms with Gasteiger partial charge in [-0.25, -0.2) is 4.98 Å². The number of alkyl halides is 3. The van der Waals surface area contributed by atoms with Gasteiger partial charge in [-0.05, 0) is 61.9 Å². The fourth-order valence-corrected chi connectivity index (χ4v) is 5.34. The first-order chi connectivity index (χ1) is 18.5. The van der Waals surface area contributed by atoms with E-state index in [1.807, 2.05) is 6.92 Å². The molecule has 5 rings (SSSR count). The molecule has 2 aliphatic rings. The number of pyridine rings is 1. The molecular formula is C29H27ClF3N5O. The first-order valence-electron chi connectivity index (χ1n) is 12.5. The van der Waals surface area contributed by atoms with Gasteiger partial charge >= 0.3 is 6.18 Å². The topological polar surface area (TPSA) is 74.5 Å². The van der Waals surface area contributed by atoms with E-state index in [1.165, 1.54) is 18.3 Å². The first-order valence-corrected chi connectivity index (χ1v) is 12.8. The number of anilines is 2. The van der Waals surface area contributed by atoms with E-state index in [-0.39, 0.29) is 40.2 Å². The van der Waals surface area contributed by atoms with Crippen LogP contribution in [0.3, 0.4) is 0 Å². The van der Waals surface area contributed by atoms with E-state index in [9.17, 15) is 18.0 Å². The maximum absolute atomic E-state index is 14.0. The molecule has 2 bridgehead atoms. The molecule has 1 aromatic heterocycles. The molecule has 0 aliphatic carbocycles. The minimum atomic E-state index is -4.54. The summed E-state index contributed by atoms with van der Waals surface area (Å²) in [6, 6.07) is 11.2. The van der Waals surface area contributed by atoms with Gasteiger partial charge in [0, 0.05) is 60.3 Å². The largest absolute Gasteiger partial charge is 0.416 e. The molecule has 6 nitrogen and oxygen atoms in total. The van der Waals surface area contributed by atoms with Crippen molar-refractivity contribution >= 4 is 29.0 Å². The Morgan fingerprint density at radius 3 is 2.62 bits per heavy atom. The molecule has 39 heavy (non-hydrogen) atoms. The van der Waals surface area contributed by atoms with Gasteiger partial charge in [0.25, 0.3) is 5.91 Å². The molecule has 0 saturated carbocycles. The molecule has 2 atom stereocenters. The second-order valence-corrected chi connectivity index (χ2v) is 10.5. The van der Waals surface area contributed by atoms with Crippen LogP contribution in [0.4, 0.5) is 24.7 Å². The molecule has 3 N–H and O–H groups in total. The molecule has 202 valence electrons. The molecule has 0 unspecified atom stereocenters. The Morgan fingerprint density at radius 2 is 1.95 bits per heavy atom. The number of nitrogen functional groups attached to an aromatic ring is 1. The number of aromatic nitrogens is 1. The van der Waals surface area contributed by atoms with Crippen LogP contribution in [0.15, 0.2) is 48.7 Å². The summed E-state index contributed by atoms with van der Waals surface area (Å²) in [5.41, 5.74) is 7.43. The number of hydrogen-bond donors (Lipinski definition) is 2. The van der Waals surface area contributed by atoms with E-state index < -0.39 is 17.6 Å². The highest BCUT2D eigenvalue weighted by molar-refractivity contribution is 6.32. The number of carbonyl (C=O) groups excluding carboxylic acids is 1. The molecule has 10 heteroatoms. The lowest BCUT2D eigenvalue weighted by molar-refractivity contribution is -0.138. The van der Waals surface area contributed by atoms with Gasteiger partial charge in [-0.2, -0.15) is 13.2 Å². The number of benzene rings is 2. The summed E-state index contributed by atoms with van der Waals surface area (Å²) in [6.45, 7) is 3.70. The van der Waals surface area contributed by atoms with Crippen molar-refractivity contribution in [2.45, 2.75) is 38.1 Å². The minimum absolute atomic E-state index is 0.0783. The molecule has 1 amide bonds. The van der Waals surface area contributed by atoms with Crippen LogP contribution in [0, 0.1) is 18.8 Å². The van der Waals surface area contributed by atoms with Crippen LogP contribution in [-0.2, 0) is 12.7 Å². The van der Waals surface area contributed by atoms with Crippen LogP contribution in [0.1, 0.15) is 44.6 Å². The van der Waals surface area contributed by atoms with Crippen LogP contribution < -0.4 is 11.1 Å². The van der Waals surface area contributed by atoms with E-state index in [4.69, 9.17) is 17.3 Å². The molecule has 2 aliphatic heterocycles. The summed E-state index contributed by atoms with van der Waals surface area (Å²) in [7, 11) is 2.05. The van der Waals surface area contributed by atoms with E-state index in [2.05, 4.69) is 39.0 Å². The van der Waals surface area contributed by atoms with Gasteiger partial charge in [-0.3, -0.25) is 9.69 Å². The van der Waals surface area contributed by atoms with Crippen molar-refractivity contribution < 1.29 is 18.0 Å². The van der Waals surface area contributed by atoms with Gasteiger partial charge in [0.1, 0.15) is 5.82 Å². The quantitative estimate of drug-likeness (QED) is 0.435. The fourth-order valence-electron chi connectivity index (χ4n) is 5.17. The Morgan fingerprint density at radius 1 is 1.15 bits per heavy atom. The second-order valence-electron chi connectivity index (χ2n) is 10.1. The molecule has 0 spiro atoms. The summed E-state index contributed by atoms with van der Waals surface area (Å²) in [5.74, 6) is 5.61. The number of hydrogen-bond acceptors (Lipinski definition) is 5. The third-order valence-electron chi connectivity index (χ3n) is 7.39. The highest BCUT2D eigenvalue weighted by Gasteiger charge is 2.42. The van der Waals surface area contributed by atoms with Crippen molar-refractivity contribution in [3.63, 3.8) is 0 Å². The molecule has 0 radical (unpaired) electrons. The number of likely N-dealkylation sites (N-methyl/N-ethyl adjacent to an activating group) is 1. The molecule has 2 fully saturated rings. The summed E-state index contributed by atoms with van der Waals surface area (Å²) in [4.78, 5) is 21.3. The predicted molar refractivity (Wildman–Crippen MR) is 145 cm³/mol. The minimum Gasteiger partial charge on any atom is -0.382 e. The Balaban J connectivity index is 1.34. The monoisotopic (exact) mass is 553 g/mol. The lowest BCUT2D eigenvalue weighted by Gasteiger charge is -2.32. The number of nitrogens with one attached hydrogen (secondary N) is 1. The standard InChI is InChI=1S/C29H27ClF3N5O/c1-17-3-5-20(10-19(17)6-4-18-9-26(30)27(34)35-13-18)28(39)36-22-8-7-21(25(11-22)29(31,32)33)14-38-16-23-12-24(38)15-37(23)2/h3,5,7-11,13,23-24H,12,14-16H2,1-2H3,(H2,34,35)(H,36,39)/t23-,24-/m0/s1. The summed E-state index contributed by atoms with van der Waals surface area (Å²) < 4.78 is 42.0. The van der Waals surface area contributed by atoms with Crippen molar-refractivity contribution in [2.75, 3.05) is 31.2 Å². The zero-order chi connectivity index (χ0) is 27.9. The average Bonchev–Trinajstić information content (AvgIpc) is 3.44. The average molecular weight is 554 g/mol. The third kappa shape index (κ3) is 5.88. The molecule has 2 saturated heterocycles. The van der Waals surface area contributed by atoms with E-state index in [0.29, 0.717) is 17.2 Å². The number of nitrogens with zero attached hydrogens (tertiary/aromatic N) is 3. The Labute approximate surface area is 230 Å². The predicted octanol–water partition coefficient (Wildman–Crippen LogP) is 5.18. The number of nitrogens with two attached hydrogens (primary N) is 1. The zero-order valence-corrected chi connectivity index (χ0v) is 22.2. The number of fused-ring (bicyclic) bond motifs is 2. The maximum Gasteiger partial charge on any atom is 0.416 e. The van der Waals surface area contributed by atoms with E-state index in [0.717, 1.165) is 31.1 Å². The van der Waals surface area contributed by atoms with Gasteiger partial charge < -0.3 is 16.0 Å². The normalized spacial score (nSPS) is 19.1. The van der Waals surface area contributed by atoms with E-state index >= 15 is 0 Å². The second kappa shape index (κ2) is 10.5. The Kier molecular flexibility index (Phi) is 7.29. The van der Waals surface area contributed by atoms with Gasteiger partial charge in [-0.15, -0.1) is 0 Å². The van der Waals surface area contributed by atoms with Gasteiger partial charge in [0.2, 0.25) is 0 Å². The SMILES string of the molecule is Cc1ccc(C(=O)Nc2ccc(CN3C[C@@H]4C[C@H]3CN4C)c(C(F)(F)F)c2)cc1C#Cc1cnc(N)c(Cl)c1. The number of halogens is 4. The Hall–Kier alpha value is -3.58. The van der Waals surface area contributed by atoms with Gasteiger partial charge in [-0.1, -0.05) is 35.6 Å². The number of rotatable bonds is 4. The molecule has 3 aromatic rings.